The van der Waals surface area contributed by atoms with Gasteiger partial charge < -0.3 is 4.90 Å². The van der Waals surface area contributed by atoms with Gasteiger partial charge >= 0.3 is 0 Å². The maximum Gasteiger partial charge on any atom is 0.0746 e. The summed E-state index contributed by atoms with van der Waals surface area (Å²) < 4.78 is 0. The number of fused-ring (bicyclic) bond motifs is 1. The van der Waals surface area contributed by atoms with E-state index in [1.165, 1.54) is 22.2 Å². The molecule has 3 heteroatoms. The van der Waals surface area contributed by atoms with Crippen LogP contribution in [-0.4, -0.2) is 36.1 Å². The van der Waals surface area contributed by atoms with Crippen molar-refractivity contribution in [3.05, 3.63) is 71.9 Å². The van der Waals surface area contributed by atoms with Gasteiger partial charge in [0, 0.05) is 50.0 Å². The van der Waals surface area contributed by atoms with Gasteiger partial charge in [0.25, 0.3) is 0 Å². The topological polar surface area (TPSA) is 19.4 Å². The van der Waals surface area contributed by atoms with Crippen molar-refractivity contribution in [3.8, 4) is 0 Å². The normalized spacial score (nSPS) is 15.8. The number of piperazine rings is 1. The van der Waals surface area contributed by atoms with Crippen LogP contribution in [0.2, 0.25) is 0 Å². The van der Waals surface area contributed by atoms with Crippen LogP contribution < -0.4 is 4.90 Å². The molecule has 0 spiro atoms. The molecule has 0 N–H and O–H groups in total. The first-order valence-electron chi connectivity index (χ1n) is 8.66. The quantitative estimate of drug-likeness (QED) is 0.731. The molecule has 0 unspecified atom stereocenters. The zero-order valence-corrected chi connectivity index (χ0v) is 14.2. The first-order chi connectivity index (χ1) is 11.8. The zero-order valence-electron chi connectivity index (χ0n) is 14.2. The summed E-state index contributed by atoms with van der Waals surface area (Å²) in [5.41, 5.74) is 5.15. The molecular weight excluding hydrogens is 294 g/mol. The van der Waals surface area contributed by atoms with Crippen LogP contribution >= 0.6 is 0 Å². The molecule has 122 valence electrons. The Hall–Kier alpha value is -2.39. The number of rotatable bonds is 3. The molecule has 2 aromatic carbocycles. The van der Waals surface area contributed by atoms with E-state index in [1.807, 2.05) is 12.3 Å². The van der Waals surface area contributed by atoms with Crippen molar-refractivity contribution in [1.82, 2.24) is 9.88 Å². The second-order valence-electron chi connectivity index (χ2n) is 6.59. The van der Waals surface area contributed by atoms with E-state index in [1.54, 1.807) is 0 Å². The minimum atomic E-state index is 0.982. The van der Waals surface area contributed by atoms with Crippen LogP contribution in [-0.2, 0) is 6.54 Å². The predicted octanol–water partition coefficient (Wildman–Crippen LogP) is 3.87. The fourth-order valence-electron chi connectivity index (χ4n) is 3.52. The van der Waals surface area contributed by atoms with E-state index in [0.717, 1.165) is 38.2 Å². The molecule has 0 amide bonds. The molecule has 1 aliphatic rings. The van der Waals surface area contributed by atoms with Crippen LogP contribution in [0.25, 0.3) is 10.9 Å². The number of hydrogen-bond donors (Lipinski definition) is 0. The molecule has 0 aliphatic carbocycles. The number of aromatic nitrogens is 1. The SMILES string of the molecule is Cc1cccc(N2CCN(Cc3cccc4cccnc34)CC2)c1. The van der Waals surface area contributed by atoms with E-state index < -0.39 is 0 Å². The number of pyridine rings is 1. The van der Waals surface area contributed by atoms with Crippen LogP contribution in [0, 0.1) is 6.92 Å². The Morgan fingerprint density at radius 3 is 2.54 bits per heavy atom. The largest absolute Gasteiger partial charge is 0.369 e. The summed E-state index contributed by atoms with van der Waals surface area (Å²) >= 11 is 0. The van der Waals surface area contributed by atoms with Gasteiger partial charge in [-0.2, -0.15) is 0 Å². The Kier molecular flexibility index (Phi) is 4.18. The first-order valence-corrected chi connectivity index (χ1v) is 8.66. The van der Waals surface area contributed by atoms with Crippen LogP contribution in [0.4, 0.5) is 5.69 Å². The summed E-state index contributed by atoms with van der Waals surface area (Å²) in [6.45, 7) is 7.50. The summed E-state index contributed by atoms with van der Waals surface area (Å²) in [5, 5.41) is 1.23. The second kappa shape index (κ2) is 6.62. The van der Waals surface area contributed by atoms with E-state index in [-0.39, 0.29) is 0 Å². The highest BCUT2D eigenvalue weighted by atomic mass is 15.3. The Morgan fingerprint density at radius 2 is 1.71 bits per heavy atom. The summed E-state index contributed by atoms with van der Waals surface area (Å²) in [7, 11) is 0. The van der Waals surface area contributed by atoms with Gasteiger partial charge in [-0.15, -0.1) is 0 Å². The molecule has 1 aliphatic heterocycles. The highest BCUT2D eigenvalue weighted by Crippen LogP contribution is 2.21. The first kappa shape index (κ1) is 15.2. The molecule has 2 heterocycles. The molecule has 3 aromatic rings. The molecule has 1 saturated heterocycles. The number of hydrogen-bond acceptors (Lipinski definition) is 3. The zero-order chi connectivity index (χ0) is 16.4. The molecule has 1 fully saturated rings. The predicted molar refractivity (Wildman–Crippen MR) is 100 cm³/mol. The van der Waals surface area contributed by atoms with Gasteiger partial charge in [-0.25, -0.2) is 0 Å². The van der Waals surface area contributed by atoms with Crippen LogP contribution in [0.1, 0.15) is 11.1 Å². The lowest BCUT2D eigenvalue weighted by molar-refractivity contribution is 0.250. The third kappa shape index (κ3) is 3.13. The van der Waals surface area contributed by atoms with Crippen molar-refractivity contribution < 1.29 is 0 Å². The molecular formula is C21H23N3. The Morgan fingerprint density at radius 1 is 0.917 bits per heavy atom. The summed E-state index contributed by atoms with van der Waals surface area (Å²) in [6.07, 6.45) is 1.89. The summed E-state index contributed by atoms with van der Waals surface area (Å²) in [5.74, 6) is 0. The average molecular weight is 317 g/mol. The smallest absolute Gasteiger partial charge is 0.0746 e. The third-order valence-electron chi connectivity index (χ3n) is 4.85. The number of benzene rings is 2. The highest BCUT2D eigenvalue weighted by Gasteiger charge is 2.18. The van der Waals surface area contributed by atoms with Gasteiger partial charge in [0.15, 0.2) is 0 Å². The van der Waals surface area contributed by atoms with Crippen molar-refractivity contribution >= 4 is 16.6 Å². The van der Waals surface area contributed by atoms with Crippen molar-refractivity contribution in [2.75, 3.05) is 31.1 Å². The van der Waals surface area contributed by atoms with Crippen molar-refractivity contribution in [2.24, 2.45) is 0 Å². The van der Waals surface area contributed by atoms with Gasteiger partial charge in [0.1, 0.15) is 0 Å². The average Bonchev–Trinajstić information content (AvgIpc) is 2.63. The van der Waals surface area contributed by atoms with Crippen molar-refractivity contribution in [3.63, 3.8) is 0 Å². The van der Waals surface area contributed by atoms with E-state index in [2.05, 4.69) is 70.2 Å². The standard InChI is InChI=1S/C21H23N3/c1-17-5-2-9-20(15-17)24-13-11-23(12-14-24)16-19-7-3-6-18-8-4-10-22-21(18)19/h2-10,15H,11-14,16H2,1H3. The Labute approximate surface area is 143 Å². The van der Waals surface area contributed by atoms with Crippen molar-refractivity contribution in [1.29, 1.82) is 0 Å². The monoisotopic (exact) mass is 317 g/mol. The molecule has 24 heavy (non-hydrogen) atoms. The highest BCUT2D eigenvalue weighted by molar-refractivity contribution is 5.81. The minimum Gasteiger partial charge on any atom is -0.369 e. The lowest BCUT2D eigenvalue weighted by atomic mass is 10.1. The molecule has 0 saturated carbocycles. The minimum absolute atomic E-state index is 0.982. The lowest BCUT2D eigenvalue weighted by Gasteiger charge is -2.36. The fraction of sp³-hybridized carbons (Fsp3) is 0.286. The molecule has 0 atom stereocenters. The number of anilines is 1. The molecule has 4 rings (SSSR count). The summed E-state index contributed by atoms with van der Waals surface area (Å²) in [4.78, 5) is 9.61. The van der Waals surface area contributed by atoms with Gasteiger partial charge in [0.2, 0.25) is 0 Å². The van der Waals surface area contributed by atoms with Crippen molar-refractivity contribution in [2.45, 2.75) is 13.5 Å². The molecule has 1 aromatic heterocycles. The maximum absolute atomic E-state index is 4.58. The van der Waals surface area contributed by atoms with Gasteiger partial charge in [-0.1, -0.05) is 36.4 Å². The number of nitrogens with zero attached hydrogens (tertiary/aromatic N) is 3. The molecule has 3 nitrogen and oxygen atoms in total. The summed E-state index contributed by atoms with van der Waals surface area (Å²) in [6, 6.07) is 19.5. The number of aryl methyl sites for hydroxylation is 1. The van der Waals surface area contributed by atoms with Gasteiger partial charge in [0.05, 0.1) is 5.52 Å². The second-order valence-corrected chi connectivity index (χ2v) is 6.59. The van der Waals surface area contributed by atoms with Gasteiger partial charge in [-0.05, 0) is 36.2 Å². The molecule has 0 radical (unpaired) electrons. The van der Waals surface area contributed by atoms with Crippen LogP contribution in [0.3, 0.4) is 0 Å². The Balaban J connectivity index is 1.44. The molecule has 0 bridgehead atoms. The van der Waals surface area contributed by atoms with E-state index in [0.29, 0.717) is 0 Å². The maximum atomic E-state index is 4.58. The van der Waals surface area contributed by atoms with Gasteiger partial charge in [-0.3, -0.25) is 9.88 Å². The van der Waals surface area contributed by atoms with Crippen LogP contribution in [0.15, 0.2) is 60.8 Å². The fourth-order valence-corrected chi connectivity index (χ4v) is 3.52. The lowest BCUT2D eigenvalue weighted by Crippen LogP contribution is -2.46. The van der Waals surface area contributed by atoms with Crippen LogP contribution in [0.5, 0.6) is 0 Å². The van der Waals surface area contributed by atoms with E-state index >= 15 is 0 Å². The number of para-hydroxylation sites is 1. The van der Waals surface area contributed by atoms with E-state index in [4.69, 9.17) is 0 Å². The Bertz CT molecular complexity index is 830. The third-order valence-corrected chi connectivity index (χ3v) is 4.85. The van der Waals surface area contributed by atoms with E-state index in [9.17, 15) is 0 Å².